The van der Waals surface area contributed by atoms with E-state index in [9.17, 15) is 4.79 Å². The molecule has 0 saturated heterocycles. The molecule has 31 heavy (non-hydrogen) atoms. The molecule has 0 unspecified atom stereocenters. The van der Waals surface area contributed by atoms with Crippen molar-refractivity contribution in [1.82, 2.24) is 5.43 Å². The number of nitrogens with one attached hydrogen (secondary N) is 1. The summed E-state index contributed by atoms with van der Waals surface area (Å²) in [4.78, 5) is 11.9. The van der Waals surface area contributed by atoms with Crippen LogP contribution in [0, 0.1) is 0 Å². The van der Waals surface area contributed by atoms with E-state index in [4.69, 9.17) is 44.3 Å². The highest BCUT2D eigenvalue weighted by Gasteiger charge is 2.10. The van der Waals surface area contributed by atoms with E-state index in [1.165, 1.54) is 6.21 Å². The summed E-state index contributed by atoms with van der Waals surface area (Å²) in [5.41, 5.74) is 3.91. The van der Waals surface area contributed by atoms with Crippen LogP contribution in [0.4, 0.5) is 0 Å². The maximum atomic E-state index is 11.9. The van der Waals surface area contributed by atoms with E-state index in [2.05, 4.69) is 26.5 Å². The Hall–Kier alpha value is -2.25. The molecule has 0 fully saturated rings. The average molecular weight is 543 g/mol. The number of hydrogen-bond donors (Lipinski definition) is 1. The van der Waals surface area contributed by atoms with E-state index in [1.54, 1.807) is 42.5 Å². The minimum atomic E-state index is -0.406. The number of ether oxygens (including phenoxy) is 2. The molecule has 0 spiro atoms. The third-order valence-electron chi connectivity index (χ3n) is 3.94. The molecule has 0 aliphatic carbocycles. The zero-order valence-electron chi connectivity index (χ0n) is 15.9. The summed E-state index contributed by atoms with van der Waals surface area (Å²) < 4.78 is 11.8. The van der Waals surface area contributed by atoms with Crippen molar-refractivity contribution in [3.8, 4) is 11.5 Å². The Kier molecular flexibility index (Phi) is 8.60. The van der Waals surface area contributed by atoms with E-state index in [1.807, 2.05) is 18.2 Å². The van der Waals surface area contributed by atoms with Gasteiger partial charge in [0, 0.05) is 15.6 Å². The van der Waals surface area contributed by atoms with Crippen LogP contribution >= 0.6 is 50.7 Å². The molecule has 9 heteroatoms. The van der Waals surface area contributed by atoms with Gasteiger partial charge in [-0.2, -0.15) is 5.10 Å². The van der Waals surface area contributed by atoms with Crippen LogP contribution in [0.3, 0.4) is 0 Å². The Morgan fingerprint density at radius 3 is 2.45 bits per heavy atom. The minimum Gasteiger partial charge on any atom is -0.486 e. The van der Waals surface area contributed by atoms with Crippen LogP contribution in [0.2, 0.25) is 15.1 Å². The smallest absolute Gasteiger partial charge is 0.277 e. The minimum absolute atomic E-state index is 0.182. The predicted molar refractivity (Wildman–Crippen MR) is 128 cm³/mol. The van der Waals surface area contributed by atoms with Crippen molar-refractivity contribution < 1.29 is 14.3 Å². The SMILES string of the molecule is O=C(COc1ccc(Cl)cc1)N/N=C\c1cc(Cl)c(OCc2ccccc2Cl)c(Br)c1. The number of nitrogens with zero attached hydrogens (tertiary/aromatic N) is 1. The van der Waals surface area contributed by atoms with Crippen LogP contribution in [-0.2, 0) is 11.4 Å². The lowest BCUT2D eigenvalue weighted by Gasteiger charge is -2.12. The van der Waals surface area contributed by atoms with Gasteiger partial charge in [-0.15, -0.1) is 0 Å². The van der Waals surface area contributed by atoms with Crippen LogP contribution < -0.4 is 14.9 Å². The largest absolute Gasteiger partial charge is 0.486 e. The zero-order chi connectivity index (χ0) is 22.2. The Balaban J connectivity index is 1.54. The van der Waals surface area contributed by atoms with Crippen molar-refractivity contribution in [2.45, 2.75) is 6.61 Å². The average Bonchev–Trinajstić information content (AvgIpc) is 2.74. The standard InChI is InChI=1S/C22H16BrCl3N2O3/c23-18-9-14(10-20(26)22(18)31-12-15-3-1-2-4-19(15)25)11-27-28-21(29)13-30-17-7-5-16(24)6-8-17/h1-11H,12-13H2,(H,28,29)/b27-11-. The molecule has 5 nitrogen and oxygen atoms in total. The molecule has 0 radical (unpaired) electrons. The van der Waals surface area contributed by atoms with Gasteiger partial charge in [0.25, 0.3) is 5.91 Å². The zero-order valence-corrected chi connectivity index (χ0v) is 19.8. The third-order valence-corrected chi connectivity index (χ3v) is 5.43. The lowest BCUT2D eigenvalue weighted by atomic mass is 10.2. The quantitative estimate of drug-likeness (QED) is 0.261. The van der Waals surface area contributed by atoms with Crippen molar-refractivity contribution in [2.75, 3.05) is 6.61 Å². The van der Waals surface area contributed by atoms with Gasteiger partial charge in [-0.1, -0.05) is 53.0 Å². The van der Waals surface area contributed by atoms with Crippen molar-refractivity contribution >= 4 is 62.9 Å². The molecule has 3 rings (SSSR count). The highest BCUT2D eigenvalue weighted by atomic mass is 79.9. The first kappa shape index (κ1) is 23.4. The Bertz CT molecular complexity index is 1070. The molecule has 0 aliphatic rings. The first-order valence-corrected chi connectivity index (χ1v) is 10.9. The van der Waals surface area contributed by atoms with Gasteiger partial charge in [-0.3, -0.25) is 4.79 Å². The van der Waals surface area contributed by atoms with E-state index >= 15 is 0 Å². The lowest BCUT2D eigenvalue weighted by molar-refractivity contribution is -0.123. The molecule has 0 atom stereocenters. The summed E-state index contributed by atoms with van der Waals surface area (Å²) in [5.74, 6) is 0.613. The number of hydrogen-bond acceptors (Lipinski definition) is 4. The molecule has 0 saturated carbocycles. The molecule has 3 aromatic carbocycles. The fourth-order valence-electron chi connectivity index (χ4n) is 2.45. The van der Waals surface area contributed by atoms with Crippen LogP contribution in [0.15, 0.2) is 70.2 Å². The third kappa shape index (κ3) is 7.14. The summed E-state index contributed by atoms with van der Waals surface area (Å²) >= 11 is 21.7. The second-order valence-electron chi connectivity index (χ2n) is 6.23. The number of rotatable bonds is 8. The fraction of sp³-hybridized carbons (Fsp3) is 0.0909. The maximum absolute atomic E-state index is 11.9. The number of amides is 1. The van der Waals surface area contributed by atoms with Gasteiger partial charge >= 0.3 is 0 Å². The summed E-state index contributed by atoms with van der Waals surface area (Å²) in [6, 6.07) is 17.6. The number of benzene rings is 3. The Morgan fingerprint density at radius 2 is 1.74 bits per heavy atom. The van der Waals surface area contributed by atoms with Gasteiger partial charge in [-0.25, -0.2) is 5.43 Å². The molecular formula is C22H16BrCl3N2O3. The molecule has 1 N–H and O–H groups in total. The van der Waals surface area contributed by atoms with Gasteiger partial charge in [-0.05, 0) is 64.0 Å². The normalized spacial score (nSPS) is 10.8. The number of carbonyl (C=O) groups excluding carboxylic acids is 1. The second-order valence-corrected chi connectivity index (χ2v) is 8.33. The first-order chi connectivity index (χ1) is 14.9. The van der Waals surface area contributed by atoms with Gasteiger partial charge in [0.2, 0.25) is 0 Å². The van der Waals surface area contributed by atoms with Crippen molar-refractivity contribution in [1.29, 1.82) is 0 Å². The number of hydrazone groups is 1. The molecule has 0 heterocycles. The lowest BCUT2D eigenvalue weighted by Crippen LogP contribution is -2.24. The van der Waals surface area contributed by atoms with Gasteiger partial charge in [0.1, 0.15) is 12.4 Å². The van der Waals surface area contributed by atoms with Crippen LogP contribution in [-0.4, -0.2) is 18.7 Å². The Labute approximate surface area is 203 Å². The molecule has 0 bridgehead atoms. The highest BCUT2D eigenvalue weighted by molar-refractivity contribution is 9.10. The maximum Gasteiger partial charge on any atom is 0.277 e. The second kappa shape index (κ2) is 11.4. The summed E-state index contributed by atoms with van der Waals surface area (Å²) in [6.07, 6.45) is 1.47. The Morgan fingerprint density at radius 1 is 1.00 bits per heavy atom. The summed E-state index contributed by atoms with van der Waals surface area (Å²) in [6.45, 7) is 0.0906. The first-order valence-electron chi connectivity index (χ1n) is 8.98. The fourth-order valence-corrected chi connectivity index (χ4v) is 3.75. The predicted octanol–water partition coefficient (Wildman–Crippen LogP) is 6.52. The van der Waals surface area contributed by atoms with Gasteiger partial charge < -0.3 is 9.47 Å². The monoisotopic (exact) mass is 540 g/mol. The van der Waals surface area contributed by atoms with E-state index < -0.39 is 5.91 Å². The molecule has 1 amide bonds. The van der Waals surface area contributed by atoms with Gasteiger partial charge in [0.15, 0.2) is 12.4 Å². The topological polar surface area (TPSA) is 59.9 Å². The van der Waals surface area contributed by atoms with E-state index in [0.717, 1.165) is 5.56 Å². The highest BCUT2D eigenvalue weighted by Crippen LogP contribution is 2.35. The van der Waals surface area contributed by atoms with Gasteiger partial charge in [0.05, 0.1) is 15.7 Å². The van der Waals surface area contributed by atoms with Crippen LogP contribution in [0.5, 0.6) is 11.5 Å². The van der Waals surface area contributed by atoms with E-state index in [-0.39, 0.29) is 13.2 Å². The van der Waals surface area contributed by atoms with Crippen molar-refractivity contribution in [2.24, 2.45) is 5.10 Å². The van der Waals surface area contributed by atoms with Crippen molar-refractivity contribution in [3.63, 3.8) is 0 Å². The summed E-state index contributed by atoms with van der Waals surface area (Å²) in [5, 5.41) is 5.52. The molecule has 0 aliphatic heterocycles. The molecular weight excluding hydrogens is 527 g/mol. The molecule has 0 aromatic heterocycles. The summed E-state index contributed by atoms with van der Waals surface area (Å²) in [7, 11) is 0. The number of carbonyl (C=O) groups is 1. The van der Waals surface area contributed by atoms with E-state index in [0.29, 0.717) is 36.6 Å². The van der Waals surface area contributed by atoms with Crippen molar-refractivity contribution in [3.05, 3.63) is 91.3 Å². The van der Waals surface area contributed by atoms with Crippen LogP contribution in [0.1, 0.15) is 11.1 Å². The number of halogens is 4. The molecule has 160 valence electrons. The van der Waals surface area contributed by atoms with Crippen LogP contribution in [0.25, 0.3) is 0 Å². The molecule has 3 aromatic rings.